The van der Waals surface area contributed by atoms with Crippen molar-refractivity contribution in [3.63, 3.8) is 0 Å². The summed E-state index contributed by atoms with van der Waals surface area (Å²) in [4.78, 5) is 29.9. The Bertz CT molecular complexity index is 611. The van der Waals surface area contributed by atoms with Crippen LogP contribution in [0.25, 0.3) is 0 Å². The monoisotopic (exact) mass is 321 g/mol. The quantitative estimate of drug-likeness (QED) is 0.844. The number of nitrogens with zero attached hydrogens (tertiary/aromatic N) is 5. The second kappa shape index (κ2) is 7.02. The maximum atomic E-state index is 12.4. The lowest BCUT2D eigenvalue weighted by Gasteiger charge is -2.34. The molecule has 1 aliphatic rings. The van der Waals surface area contributed by atoms with Gasteiger partial charge in [0, 0.05) is 46.3 Å². The van der Waals surface area contributed by atoms with Crippen LogP contribution in [0.5, 0.6) is 0 Å². The molecule has 0 saturated carbocycles. The van der Waals surface area contributed by atoms with Crippen LogP contribution in [-0.2, 0) is 0 Å². The number of carbonyl (C=O) groups is 1. The molecule has 2 amide bonds. The van der Waals surface area contributed by atoms with Crippen LogP contribution in [0, 0.1) is 0 Å². The van der Waals surface area contributed by atoms with Crippen LogP contribution < -0.4 is 10.5 Å². The van der Waals surface area contributed by atoms with E-state index in [9.17, 15) is 9.59 Å². The predicted octanol–water partition coefficient (Wildman–Crippen LogP) is 1.41. The van der Waals surface area contributed by atoms with Gasteiger partial charge < -0.3 is 14.7 Å². The van der Waals surface area contributed by atoms with Crippen molar-refractivity contribution in [3.05, 3.63) is 22.6 Å². The molecule has 7 heteroatoms. The van der Waals surface area contributed by atoms with E-state index in [-0.39, 0.29) is 17.6 Å². The van der Waals surface area contributed by atoms with E-state index < -0.39 is 0 Å². The molecule has 1 fully saturated rings. The average Bonchev–Trinajstić information content (AvgIpc) is 2.53. The first-order valence-corrected chi connectivity index (χ1v) is 8.09. The number of aromatic nitrogens is 2. The third-order valence-electron chi connectivity index (χ3n) is 4.39. The molecule has 1 saturated heterocycles. The molecule has 128 valence electrons. The summed E-state index contributed by atoms with van der Waals surface area (Å²) in [5.41, 5.74) is 0.706. The maximum Gasteiger partial charge on any atom is 0.319 e. The number of rotatable bonds is 3. The van der Waals surface area contributed by atoms with Crippen LogP contribution in [0.2, 0.25) is 0 Å². The van der Waals surface area contributed by atoms with Crippen LogP contribution >= 0.6 is 0 Å². The minimum atomic E-state index is -0.112. The van der Waals surface area contributed by atoms with Crippen molar-refractivity contribution in [3.8, 4) is 0 Å². The van der Waals surface area contributed by atoms with Gasteiger partial charge in [0.2, 0.25) is 0 Å². The zero-order valence-corrected chi connectivity index (χ0v) is 14.7. The highest BCUT2D eigenvalue weighted by atomic mass is 16.2. The molecule has 23 heavy (non-hydrogen) atoms. The standard InChI is InChI=1S/C16H27N5O2/c1-12(2)19(5)14-9-15(22)21(17-10-14)13-7-6-8-20(11-13)16(23)18(3)4/h9-10,12-13H,6-8,11H2,1-5H3/t13-/m1/s1. The van der Waals surface area contributed by atoms with Crippen LogP contribution in [-0.4, -0.2) is 65.9 Å². The second-order valence-electron chi connectivity index (χ2n) is 6.62. The van der Waals surface area contributed by atoms with E-state index in [1.54, 1.807) is 36.2 Å². The Morgan fingerprint density at radius 1 is 1.35 bits per heavy atom. The van der Waals surface area contributed by atoms with Gasteiger partial charge in [-0.25, -0.2) is 9.48 Å². The highest BCUT2D eigenvalue weighted by Gasteiger charge is 2.27. The minimum Gasteiger partial charge on any atom is -0.371 e. The Kier molecular flexibility index (Phi) is 5.28. The molecule has 1 aromatic heterocycles. The normalized spacial score (nSPS) is 18.2. The van der Waals surface area contributed by atoms with Crippen LogP contribution in [0.1, 0.15) is 32.7 Å². The maximum absolute atomic E-state index is 12.4. The van der Waals surface area contributed by atoms with E-state index in [1.807, 2.05) is 11.9 Å². The van der Waals surface area contributed by atoms with Gasteiger partial charge in [0.15, 0.2) is 0 Å². The number of piperidine rings is 1. The van der Waals surface area contributed by atoms with Crippen molar-refractivity contribution in [1.82, 2.24) is 19.6 Å². The minimum absolute atomic E-state index is 0.0149. The Morgan fingerprint density at radius 3 is 2.61 bits per heavy atom. The van der Waals surface area contributed by atoms with Gasteiger partial charge in [-0.3, -0.25) is 4.79 Å². The molecule has 0 bridgehead atoms. The molecule has 1 atom stereocenters. The number of amides is 2. The number of hydrogen-bond acceptors (Lipinski definition) is 4. The average molecular weight is 321 g/mol. The summed E-state index contributed by atoms with van der Waals surface area (Å²) in [6, 6.07) is 1.85. The Morgan fingerprint density at radius 2 is 2.04 bits per heavy atom. The van der Waals surface area contributed by atoms with E-state index in [0.717, 1.165) is 25.1 Å². The van der Waals surface area contributed by atoms with Gasteiger partial charge in [0.25, 0.3) is 5.56 Å². The topological polar surface area (TPSA) is 61.7 Å². The zero-order valence-electron chi connectivity index (χ0n) is 14.7. The lowest BCUT2D eigenvalue weighted by molar-refractivity contribution is 0.140. The summed E-state index contributed by atoms with van der Waals surface area (Å²) < 4.78 is 1.52. The van der Waals surface area contributed by atoms with Gasteiger partial charge >= 0.3 is 6.03 Å². The SMILES string of the molecule is CC(C)N(C)c1cnn([C@@H]2CCCN(C(=O)N(C)C)C2)c(=O)c1. The summed E-state index contributed by atoms with van der Waals surface area (Å²) in [6.45, 7) is 5.40. The lowest BCUT2D eigenvalue weighted by atomic mass is 10.1. The van der Waals surface area contributed by atoms with Crippen molar-refractivity contribution in [2.24, 2.45) is 0 Å². The van der Waals surface area contributed by atoms with E-state index in [4.69, 9.17) is 0 Å². The molecule has 0 aromatic carbocycles. The first-order valence-electron chi connectivity index (χ1n) is 8.09. The smallest absolute Gasteiger partial charge is 0.319 e. The van der Waals surface area contributed by atoms with Gasteiger partial charge in [-0.2, -0.15) is 5.10 Å². The van der Waals surface area contributed by atoms with E-state index in [1.165, 1.54) is 4.68 Å². The first-order chi connectivity index (χ1) is 10.8. The number of hydrogen-bond donors (Lipinski definition) is 0. The summed E-state index contributed by atoms with van der Waals surface area (Å²) in [5.74, 6) is 0. The van der Waals surface area contributed by atoms with Crippen LogP contribution in [0.3, 0.4) is 0 Å². The van der Waals surface area contributed by atoms with E-state index in [0.29, 0.717) is 12.6 Å². The highest BCUT2D eigenvalue weighted by Crippen LogP contribution is 2.21. The molecule has 0 unspecified atom stereocenters. The first kappa shape index (κ1) is 17.3. The third kappa shape index (κ3) is 3.83. The van der Waals surface area contributed by atoms with Crippen LogP contribution in [0.4, 0.5) is 10.5 Å². The molecule has 7 nitrogen and oxygen atoms in total. The van der Waals surface area contributed by atoms with Gasteiger partial charge in [-0.15, -0.1) is 0 Å². The Balaban J connectivity index is 2.18. The van der Waals surface area contributed by atoms with Gasteiger partial charge in [-0.05, 0) is 26.7 Å². The fourth-order valence-electron chi connectivity index (χ4n) is 2.78. The van der Waals surface area contributed by atoms with Crippen molar-refractivity contribution >= 4 is 11.7 Å². The van der Waals surface area contributed by atoms with Gasteiger partial charge in [0.05, 0.1) is 17.9 Å². The lowest BCUT2D eigenvalue weighted by Crippen LogP contribution is -2.47. The molecule has 0 N–H and O–H groups in total. The number of likely N-dealkylation sites (tertiary alicyclic amines) is 1. The zero-order chi connectivity index (χ0) is 17.1. The summed E-state index contributed by atoms with van der Waals surface area (Å²) in [6.07, 6.45) is 3.48. The van der Waals surface area contributed by atoms with Crippen molar-refractivity contribution in [2.75, 3.05) is 39.1 Å². The summed E-state index contributed by atoms with van der Waals surface area (Å²) in [5, 5.41) is 4.35. The Hall–Kier alpha value is -2.05. The molecule has 2 rings (SSSR count). The summed E-state index contributed by atoms with van der Waals surface area (Å²) in [7, 11) is 5.43. The molecule has 0 aliphatic carbocycles. The molecule has 0 spiro atoms. The molecule has 1 aliphatic heterocycles. The van der Waals surface area contributed by atoms with E-state index in [2.05, 4.69) is 18.9 Å². The molecule has 0 radical (unpaired) electrons. The third-order valence-corrected chi connectivity index (χ3v) is 4.39. The molecular formula is C16H27N5O2. The second-order valence-corrected chi connectivity index (χ2v) is 6.62. The molecular weight excluding hydrogens is 294 g/mol. The van der Waals surface area contributed by atoms with E-state index >= 15 is 0 Å². The van der Waals surface area contributed by atoms with Crippen LogP contribution in [0.15, 0.2) is 17.1 Å². The number of carbonyl (C=O) groups excluding carboxylic acids is 1. The van der Waals surface area contributed by atoms with Crippen molar-refractivity contribution in [1.29, 1.82) is 0 Å². The molecule has 1 aromatic rings. The highest BCUT2D eigenvalue weighted by molar-refractivity contribution is 5.73. The van der Waals surface area contributed by atoms with Crippen molar-refractivity contribution in [2.45, 2.75) is 38.8 Å². The predicted molar refractivity (Wildman–Crippen MR) is 91.0 cm³/mol. The van der Waals surface area contributed by atoms with Gasteiger partial charge in [0.1, 0.15) is 0 Å². The van der Waals surface area contributed by atoms with Crippen molar-refractivity contribution < 1.29 is 4.79 Å². The fraction of sp³-hybridized carbons (Fsp3) is 0.688. The number of anilines is 1. The number of urea groups is 1. The Labute approximate surface area is 137 Å². The molecule has 2 heterocycles. The van der Waals surface area contributed by atoms with Gasteiger partial charge in [-0.1, -0.05) is 0 Å². The summed E-state index contributed by atoms with van der Waals surface area (Å²) >= 11 is 0. The largest absolute Gasteiger partial charge is 0.371 e. The fourth-order valence-corrected chi connectivity index (χ4v) is 2.78.